The van der Waals surface area contributed by atoms with Crippen molar-refractivity contribution < 1.29 is 9.53 Å². The van der Waals surface area contributed by atoms with Crippen molar-refractivity contribution in [2.24, 2.45) is 7.05 Å². The number of piperidine rings is 1. The van der Waals surface area contributed by atoms with Crippen LogP contribution in [0, 0.1) is 0 Å². The number of hydrogen-bond acceptors (Lipinski definition) is 3. The molecule has 0 aromatic carbocycles. The maximum absolute atomic E-state index is 12.1. The Hall–Kier alpha value is -1.07. The van der Waals surface area contributed by atoms with Crippen LogP contribution in [0.1, 0.15) is 23.3 Å². The summed E-state index contributed by atoms with van der Waals surface area (Å²) in [6.45, 7) is 2.03. The second-order valence-corrected chi connectivity index (χ2v) is 4.85. The van der Waals surface area contributed by atoms with Gasteiger partial charge in [0.2, 0.25) is 0 Å². The second-order valence-electron chi connectivity index (χ2n) is 4.48. The van der Waals surface area contributed by atoms with Crippen LogP contribution in [0.25, 0.3) is 0 Å². The van der Waals surface area contributed by atoms with Gasteiger partial charge < -0.3 is 14.2 Å². The third-order valence-corrected chi connectivity index (χ3v) is 3.24. The highest BCUT2D eigenvalue weighted by Gasteiger charge is 2.24. The van der Waals surface area contributed by atoms with E-state index in [0.717, 1.165) is 25.9 Å². The minimum atomic E-state index is 0.00592. The largest absolute Gasteiger partial charge is 0.377 e. The zero-order chi connectivity index (χ0) is 13.0. The Labute approximate surface area is 112 Å². The van der Waals surface area contributed by atoms with Gasteiger partial charge >= 0.3 is 0 Å². The predicted molar refractivity (Wildman–Crippen MR) is 68.8 cm³/mol. The number of aryl methyl sites for hydroxylation is 1. The lowest BCUT2D eigenvalue weighted by molar-refractivity contribution is 0.0152. The van der Waals surface area contributed by atoms with Crippen LogP contribution in [0.2, 0.25) is 0 Å². The molecule has 0 atom stereocenters. The number of imidazole rings is 1. The van der Waals surface area contributed by atoms with E-state index in [0.29, 0.717) is 18.2 Å². The number of alkyl halides is 1. The number of amides is 1. The molecule has 100 valence electrons. The molecule has 0 bridgehead atoms. The normalized spacial score (nSPS) is 17.1. The predicted octanol–water partition coefficient (Wildman–Crippen LogP) is 1.28. The van der Waals surface area contributed by atoms with Gasteiger partial charge in [-0.25, -0.2) is 4.98 Å². The maximum Gasteiger partial charge on any atom is 0.274 e. The number of carbonyl (C=O) groups excluding carboxylic acids is 1. The van der Waals surface area contributed by atoms with Crippen molar-refractivity contribution in [3.8, 4) is 0 Å². The van der Waals surface area contributed by atoms with E-state index < -0.39 is 0 Å². The first-order chi connectivity index (χ1) is 8.70. The fourth-order valence-electron chi connectivity index (χ4n) is 2.12. The van der Waals surface area contributed by atoms with Gasteiger partial charge in [0.05, 0.1) is 19.0 Å². The Morgan fingerprint density at radius 1 is 1.56 bits per heavy atom. The zero-order valence-electron chi connectivity index (χ0n) is 10.5. The lowest BCUT2D eigenvalue weighted by atomic mass is 10.1. The number of nitrogens with zero attached hydrogens (tertiary/aromatic N) is 3. The van der Waals surface area contributed by atoms with Crippen molar-refractivity contribution >= 4 is 17.5 Å². The third-order valence-electron chi connectivity index (χ3n) is 3.08. The van der Waals surface area contributed by atoms with Crippen molar-refractivity contribution in [1.82, 2.24) is 14.5 Å². The van der Waals surface area contributed by atoms with Crippen LogP contribution >= 0.6 is 11.6 Å². The number of aromatic nitrogens is 2. The molecular formula is C12H18ClN3O2. The van der Waals surface area contributed by atoms with Gasteiger partial charge in [-0.05, 0) is 12.8 Å². The van der Waals surface area contributed by atoms with E-state index in [2.05, 4.69) is 4.98 Å². The summed E-state index contributed by atoms with van der Waals surface area (Å²) in [4.78, 5) is 18.0. The molecule has 6 heteroatoms. The molecule has 0 unspecified atom stereocenters. The average molecular weight is 272 g/mol. The molecule has 1 aromatic heterocycles. The topological polar surface area (TPSA) is 47.4 Å². The van der Waals surface area contributed by atoms with Crippen molar-refractivity contribution in [2.45, 2.75) is 18.9 Å². The summed E-state index contributed by atoms with van der Waals surface area (Å²) in [5.74, 6) is 0.527. The third kappa shape index (κ3) is 3.23. The van der Waals surface area contributed by atoms with Gasteiger partial charge in [0.15, 0.2) is 0 Å². The summed E-state index contributed by atoms with van der Waals surface area (Å²) >= 11 is 5.58. The molecule has 0 aliphatic carbocycles. The molecule has 0 saturated carbocycles. The van der Waals surface area contributed by atoms with Crippen LogP contribution < -0.4 is 0 Å². The fourth-order valence-corrected chi connectivity index (χ4v) is 2.21. The molecule has 0 N–H and O–H groups in total. The standard InChI is InChI=1S/C12H18ClN3O2/c1-15-8-11(14-9-15)12(17)16-5-2-10(3-6-16)18-7-4-13/h8-10H,2-7H2,1H3. The van der Waals surface area contributed by atoms with Crippen LogP contribution in [0.5, 0.6) is 0 Å². The molecule has 1 saturated heterocycles. The van der Waals surface area contributed by atoms with Crippen molar-refractivity contribution in [1.29, 1.82) is 0 Å². The molecular weight excluding hydrogens is 254 g/mol. The summed E-state index contributed by atoms with van der Waals surface area (Å²) in [7, 11) is 1.86. The monoisotopic (exact) mass is 271 g/mol. The number of carbonyl (C=O) groups is 1. The summed E-state index contributed by atoms with van der Waals surface area (Å²) < 4.78 is 7.36. The highest BCUT2D eigenvalue weighted by atomic mass is 35.5. The van der Waals surface area contributed by atoms with Gasteiger partial charge in [0.1, 0.15) is 5.69 Å². The van der Waals surface area contributed by atoms with Gasteiger partial charge in [-0.2, -0.15) is 0 Å². The first-order valence-electron chi connectivity index (χ1n) is 6.15. The maximum atomic E-state index is 12.1. The summed E-state index contributed by atoms with van der Waals surface area (Å²) in [6, 6.07) is 0. The molecule has 1 aromatic rings. The van der Waals surface area contributed by atoms with Crippen molar-refractivity contribution in [3.05, 3.63) is 18.2 Å². The molecule has 2 rings (SSSR count). The number of likely N-dealkylation sites (tertiary alicyclic amines) is 1. The SMILES string of the molecule is Cn1cnc(C(=O)N2CCC(OCCCl)CC2)c1. The summed E-state index contributed by atoms with van der Waals surface area (Å²) in [6.07, 6.45) is 5.36. The molecule has 1 aliphatic rings. The van der Waals surface area contributed by atoms with Gasteiger partial charge in [-0.3, -0.25) is 4.79 Å². The van der Waals surface area contributed by atoms with E-state index >= 15 is 0 Å². The van der Waals surface area contributed by atoms with Gasteiger partial charge in [-0.15, -0.1) is 11.6 Å². The summed E-state index contributed by atoms with van der Waals surface area (Å²) in [5, 5.41) is 0. The smallest absolute Gasteiger partial charge is 0.274 e. The molecule has 1 aliphatic heterocycles. The lowest BCUT2D eigenvalue weighted by Crippen LogP contribution is -2.41. The number of rotatable bonds is 4. The lowest BCUT2D eigenvalue weighted by Gasteiger charge is -2.31. The Morgan fingerprint density at radius 2 is 2.28 bits per heavy atom. The Balaban J connectivity index is 1.84. The molecule has 1 amide bonds. The van der Waals surface area contributed by atoms with Gasteiger partial charge in [0, 0.05) is 32.2 Å². The Morgan fingerprint density at radius 3 is 2.83 bits per heavy atom. The van der Waals surface area contributed by atoms with E-state index in [9.17, 15) is 4.79 Å². The van der Waals surface area contributed by atoms with E-state index in [1.807, 2.05) is 11.9 Å². The van der Waals surface area contributed by atoms with Crippen LogP contribution in [0.15, 0.2) is 12.5 Å². The molecule has 18 heavy (non-hydrogen) atoms. The van der Waals surface area contributed by atoms with E-state index in [1.165, 1.54) is 0 Å². The molecule has 2 heterocycles. The molecule has 0 radical (unpaired) electrons. The minimum absolute atomic E-state index is 0.00592. The molecule has 0 spiro atoms. The average Bonchev–Trinajstić information content (AvgIpc) is 2.83. The van der Waals surface area contributed by atoms with E-state index in [1.54, 1.807) is 17.1 Å². The number of ether oxygens (including phenoxy) is 1. The van der Waals surface area contributed by atoms with Crippen LogP contribution in [0.3, 0.4) is 0 Å². The van der Waals surface area contributed by atoms with Crippen LogP contribution in [-0.2, 0) is 11.8 Å². The number of halogens is 1. The quantitative estimate of drug-likeness (QED) is 0.775. The highest BCUT2D eigenvalue weighted by molar-refractivity contribution is 6.17. The Bertz CT molecular complexity index is 400. The number of hydrogen-bond donors (Lipinski definition) is 0. The van der Waals surface area contributed by atoms with Crippen molar-refractivity contribution in [2.75, 3.05) is 25.6 Å². The first kappa shape index (κ1) is 13.4. The second kappa shape index (κ2) is 6.20. The Kier molecular flexibility index (Phi) is 4.60. The summed E-state index contributed by atoms with van der Waals surface area (Å²) in [5.41, 5.74) is 0.512. The van der Waals surface area contributed by atoms with E-state index in [4.69, 9.17) is 16.3 Å². The molecule has 1 fully saturated rings. The van der Waals surface area contributed by atoms with Crippen molar-refractivity contribution in [3.63, 3.8) is 0 Å². The zero-order valence-corrected chi connectivity index (χ0v) is 11.3. The highest BCUT2D eigenvalue weighted by Crippen LogP contribution is 2.15. The van der Waals surface area contributed by atoms with E-state index in [-0.39, 0.29) is 12.0 Å². The van der Waals surface area contributed by atoms with Gasteiger partial charge in [0.25, 0.3) is 5.91 Å². The minimum Gasteiger partial charge on any atom is -0.377 e. The van der Waals surface area contributed by atoms with Gasteiger partial charge in [-0.1, -0.05) is 0 Å². The molecule has 5 nitrogen and oxygen atoms in total. The van der Waals surface area contributed by atoms with Crippen LogP contribution in [0.4, 0.5) is 0 Å². The fraction of sp³-hybridized carbons (Fsp3) is 0.667. The first-order valence-corrected chi connectivity index (χ1v) is 6.69. The van der Waals surface area contributed by atoms with Crippen LogP contribution in [-0.4, -0.2) is 52.0 Å².